The molecule has 0 radical (unpaired) electrons. The number of nitrogens with one attached hydrogen (secondary N) is 3. The van der Waals surface area contributed by atoms with Crippen LogP contribution >= 0.6 is 0 Å². The van der Waals surface area contributed by atoms with Gasteiger partial charge >= 0.3 is 6.03 Å². The van der Waals surface area contributed by atoms with Gasteiger partial charge in [-0.25, -0.2) is 10.3 Å². The van der Waals surface area contributed by atoms with Crippen LogP contribution in [-0.4, -0.2) is 71.5 Å². The molecule has 0 fully saturated rings. The summed E-state index contributed by atoms with van der Waals surface area (Å²) in [7, 11) is 0. The SMILES string of the molecule is CCOC(OCC)[C@H](C)N(Cc1cccc2cccnc12)C(=O)[C@H](Cc1ccc(OC(C)(C)C)cc1)NC(=O)CONC(=O)NCc1ccccc1. The van der Waals surface area contributed by atoms with E-state index in [1.807, 2.05) is 126 Å². The minimum Gasteiger partial charge on any atom is -0.488 e. The van der Waals surface area contributed by atoms with Crippen molar-refractivity contribution in [3.8, 4) is 5.75 Å². The minimum absolute atomic E-state index is 0.163. The summed E-state index contributed by atoms with van der Waals surface area (Å²) < 4.78 is 17.9. The molecule has 4 amide bonds. The predicted molar refractivity (Wildman–Crippen MR) is 199 cm³/mol. The highest BCUT2D eigenvalue weighted by Crippen LogP contribution is 2.23. The lowest BCUT2D eigenvalue weighted by atomic mass is 10.0. The maximum atomic E-state index is 14.8. The Balaban J connectivity index is 1.57. The Morgan fingerprint density at radius 2 is 1.54 bits per heavy atom. The molecule has 0 bridgehead atoms. The summed E-state index contributed by atoms with van der Waals surface area (Å²) in [5.41, 5.74) is 5.14. The van der Waals surface area contributed by atoms with Gasteiger partial charge in [-0.1, -0.05) is 66.7 Å². The lowest BCUT2D eigenvalue weighted by Gasteiger charge is -2.36. The van der Waals surface area contributed by atoms with Crippen molar-refractivity contribution in [3.05, 3.63) is 108 Å². The first-order chi connectivity index (χ1) is 25.0. The van der Waals surface area contributed by atoms with E-state index in [4.69, 9.17) is 19.0 Å². The molecule has 1 heterocycles. The highest BCUT2D eigenvalue weighted by Gasteiger charge is 2.34. The molecular formula is C40H51N5O7. The van der Waals surface area contributed by atoms with Crippen LogP contribution in [0.3, 0.4) is 0 Å². The van der Waals surface area contributed by atoms with Crippen LogP contribution in [0.25, 0.3) is 10.9 Å². The molecule has 3 N–H and O–H groups in total. The molecule has 0 saturated carbocycles. The van der Waals surface area contributed by atoms with Crippen molar-refractivity contribution in [2.45, 2.75) is 85.0 Å². The smallest absolute Gasteiger partial charge is 0.338 e. The molecule has 3 aromatic carbocycles. The van der Waals surface area contributed by atoms with E-state index in [1.165, 1.54) is 0 Å². The number of rotatable bonds is 18. The van der Waals surface area contributed by atoms with Gasteiger partial charge in [0.2, 0.25) is 11.8 Å². The highest BCUT2D eigenvalue weighted by molar-refractivity contribution is 5.89. The van der Waals surface area contributed by atoms with Crippen LogP contribution in [0.2, 0.25) is 0 Å². The Morgan fingerprint density at radius 3 is 2.21 bits per heavy atom. The van der Waals surface area contributed by atoms with Crippen LogP contribution in [0.1, 0.15) is 58.2 Å². The number of benzene rings is 3. The van der Waals surface area contributed by atoms with Gasteiger partial charge in [-0.3, -0.25) is 19.4 Å². The molecule has 0 aliphatic rings. The molecule has 12 nitrogen and oxygen atoms in total. The van der Waals surface area contributed by atoms with E-state index >= 15 is 0 Å². The average Bonchev–Trinajstić information content (AvgIpc) is 3.12. The first kappa shape index (κ1) is 39.7. The second-order valence-electron chi connectivity index (χ2n) is 13.2. The number of aromatic nitrogens is 1. The van der Waals surface area contributed by atoms with Crippen LogP contribution in [0.15, 0.2) is 91.1 Å². The lowest BCUT2D eigenvalue weighted by Crippen LogP contribution is -2.55. The van der Waals surface area contributed by atoms with E-state index in [9.17, 15) is 14.4 Å². The van der Waals surface area contributed by atoms with Crippen LogP contribution in [0, 0.1) is 0 Å². The second-order valence-corrected chi connectivity index (χ2v) is 13.2. The van der Waals surface area contributed by atoms with E-state index in [0.717, 1.165) is 27.6 Å². The van der Waals surface area contributed by atoms with E-state index in [0.29, 0.717) is 19.0 Å². The van der Waals surface area contributed by atoms with Crippen molar-refractivity contribution >= 4 is 28.7 Å². The Bertz CT molecular complexity index is 1720. The predicted octanol–water partition coefficient (Wildman–Crippen LogP) is 5.69. The third-order valence-electron chi connectivity index (χ3n) is 7.97. The largest absolute Gasteiger partial charge is 0.488 e. The number of para-hydroxylation sites is 1. The van der Waals surface area contributed by atoms with Gasteiger partial charge in [-0.15, -0.1) is 0 Å². The molecule has 1 aromatic heterocycles. The van der Waals surface area contributed by atoms with E-state index < -0.39 is 36.9 Å². The van der Waals surface area contributed by atoms with Crippen molar-refractivity contribution in [2.75, 3.05) is 19.8 Å². The number of ether oxygens (including phenoxy) is 3. The minimum atomic E-state index is -1.02. The standard InChI is InChI=1S/C40H51N5O7/c1-7-49-38(50-8-2)28(3)45(26-32-17-12-16-31-18-13-23-41-36(31)32)37(47)34(24-29-19-21-33(22-20-29)52-40(4,5)6)43-35(46)27-51-44-39(48)42-25-30-14-10-9-11-15-30/h9-23,28,34,38H,7-8,24-27H2,1-6H3,(H,43,46)(H2,42,44,48)/t28-,34-/m0/s1. The first-order valence-electron chi connectivity index (χ1n) is 17.6. The summed E-state index contributed by atoms with van der Waals surface area (Å²) in [5.74, 6) is -0.273. The number of hydrogen-bond donors (Lipinski definition) is 3. The van der Waals surface area contributed by atoms with Crippen molar-refractivity contribution in [1.29, 1.82) is 0 Å². The molecule has 0 aliphatic carbocycles. The summed E-state index contributed by atoms with van der Waals surface area (Å²) >= 11 is 0. The molecule has 12 heteroatoms. The van der Waals surface area contributed by atoms with Crippen LogP contribution < -0.4 is 20.9 Å². The first-order valence-corrected chi connectivity index (χ1v) is 17.6. The number of urea groups is 1. The number of carbonyl (C=O) groups excluding carboxylic acids is 3. The molecule has 4 rings (SSSR count). The number of hydrogen-bond acceptors (Lipinski definition) is 8. The second kappa shape index (κ2) is 19.5. The quantitative estimate of drug-likeness (QED) is 0.0884. The van der Waals surface area contributed by atoms with Crippen LogP contribution in [0.4, 0.5) is 4.79 Å². The summed E-state index contributed by atoms with van der Waals surface area (Å²) in [4.78, 5) is 51.9. The summed E-state index contributed by atoms with van der Waals surface area (Å²) in [6, 6.07) is 24.3. The van der Waals surface area contributed by atoms with E-state index in [1.54, 1.807) is 11.1 Å². The zero-order valence-electron chi connectivity index (χ0n) is 30.9. The van der Waals surface area contributed by atoms with Crippen LogP contribution in [0.5, 0.6) is 5.75 Å². The monoisotopic (exact) mass is 713 g/mol. The number of hydroxylamine groups is 1. The normalized spacial score (nSPS) is 12.6. The van der Waals surface area contributed by atoms with Gasteiger partial charge in [0.05, 0.1) is 11.6 Å². The molecule has 2 atom stereocenters. The number of pyridine rings is 1. The van der Waals surface area contributed by atoms with Crippen molar-refractivity contribution in [1.82, 2.24) is 26.0 Å². The lowest BCUT2D eigenvalue weighted by molar-refractivity contribution is -0.179. The third kappa shape index (κ3) is 12.3. The fourth-order valence-electron chi connectivity index (χ4n) is 5.60. The van der Waals surface area contributed by atoms with Crippen molar-refractivity contribution in [3.63, 3.8) is 0 Å². The average molecular weight is 714 g/mol. The van der Waals surface area contributed by atoms with Gasteiger partial charge in [0.1, 0.15) is 17.4 Å². The Kier molecular flexibility index (Phi) is 14.9. The van der Waals surface area contributed by atoms with E-state index in [-0.39, 0.29) is 31.0 Å². The molecule has 278 valence electrons. The molecular weight excluding hydrogens is 662 g/mol. The zero-order valence-corrected chi connectivity index (χ0v) is 30.9. The maximum Gasteiger partial charge on any atom is 0.338 e. The van der Waals surface area contributed by atoms with Gasteiger partial charge in [-0.05, 0) is 76.4 Å². The zero-order chi connectivity index (χ0) is 37.5. The fourth-order valence-corrected chi connectivity index (χ4v) is 5.60. The summed E-state index contributed by atoms with van der Waals surface area (Å²) in [6.45, 7) is 12.2. The molecule has 0 spiro atoms. The number of fused-ring (bicyclic) bond motifs is 1. The summed E-state index contributed by atoms with van der Waals surface area (Å²) in [5, 5.41) is 6.46. The van der Waals surface area contributed by atoms with Gasteiger partial charge in [0, 0.05) is 44.3 Å². The Labute approximate surface area is 306 Å². The van der Waals surface area contributed by atoms with E-state index in [2.05, 4.69) is 21.1 Å². The van der Waals surface area contributed by atoms with Gasteiger partial charge < -0.3 is 29.7 Å². The van der Waals surface area contributed by atoms with Crippen molar-refractivity contribution < 1.29 is 33.4 Å². The molecule has 4 aromatic rings. The summed E-state index contributed by atoms with van der Waals surface area (Å²) in [6.07, 6.45) is 1.15. The Morgan fingerprint density at radius 1 is 0.846 bits per heavy atom. The number of amides is 4. The molecule has 0 aliphatic heterocycles. The topological polar surface area (TPSA) is 140 Å². The third-order valence-corrected chi connectivity index (χ3v) is 7.97. The Hall–Kier alpha value is -5.04. The number of nitrogens with zero attached hydrogens (tertiary/aromatic N) is 2. The van der Waals surface area contributed by atoms with Gasteiger partial charge in [-0.2, -0.15) is 0 Å². The van der Waals surface area contributed by atoms with Crippen molar-refractivity contribution in [2.24, 2.45) is 0 Å². The molecule has 0 saturated heterocycles. The fraction of sp³-hybridized carbons (Fsp3) is 0.400. The van der Waals surface area contributed by atoms with Gasteiger partial charge in [0.25, 0.3) is 0 Å². The molecule has 0 unspecified atom stereocenters. The highest BCUT2D eigenvalue weighted by atomic mass is 16.7. The molecule has 52 heavy (non-hydrogen) atoms. The number of carbonyl (C=O) groups is 3. The maximum absolute atomic E-state index is 14.8. The van der Waals surface area contributed by atoms with Gasteiger partial charge in [0.15, 0.2) is 12.9 Å². The van der Waals surface area contributed by atoms with Crippen LogP contribution in [-0.2, 0) is 43.4 Å².